The second kappa shape index (κ2) is 10.9. The standard InChI is InChI=1S/C31H33NO12/c1-13-26(36)16(32-8-4-7-20(32)35)9-21(43-13)44-18-11-31(41,19(34)12-33)10-15-23(18)30(40)25-24(28(15)38)27(37)14-5-3-6-17(42-2)22(14)29(25)39/h3,5-6,13,16,18,21,26,33,36,38,40-41H,4,7-12H2,1-2H3/t13?,16?,18-,21?,26?,31-/m0/s1. The van der Waals surface area contributed by atoms with Crippen LogP contribution in [0.1, 0.15) is 81.7 Å². The van der Waals surface area contributed by atoms with Crippen LogP contribution in [0, 0.1) is 0 Å². The van der Waals surface area contributed by atoms with Crippen molar-refractivity contribution in [3.05, 3.63) is 51.6 Å². The third-order valence-corrected chi connectivity index (χ3v) is 9.24. The Morgan fingerprint density at radius 2 is 1.84 bits per heavy atom. The monoisotopic (exact) mass is 611 g/mol. The number of likely N-dealkylation sites (tertiary alicyclic amines) is 1. The van der Waals surface area contributed by atoms with Gasteiger partial charge in [-0.3, -0.25) is 19.2 Å². The minimum Gasteiger partial charge on any atom is -0.507 e. The summed E-state index contributed by atoms with van der Waals surface area (Å²) < 4.78 is 17.4. The molecule has 2 heterocycles. The average Bonchev–Trinajstić information content (AvgIpc) is 3.43. The maximum absolute atomic E-state index is 13.8. The van der Waals surface area contributed by atoms with Crippen molar-refractivity contribution < 1.29 is 58.9 Å². The van der Waals surface area contributed by atoms with Crippen molar-refractivity contribution in [3.8, 4) is 17.2 Å². The lowest BCUT2D eigenvalue weighted by Crippen LogP contribution is -2.56. The number of ketones is 3. The molecule has 0 spiro atoms. The second-order valence-corrected chi connectivity index (χ2v) is 11.8. The van der Waals surface area contributed by atoms with Crippen LogP contribution in [-0.2, 0) is 25.5 Å². The molecule has 0 aromatic heterocycles. The van der Waals surface area contributed by atoms with Crippen molar-refractivity contribution in [1.82, 2.24) is 4.90 Å². The molecule has 234 valence electrons. The number of hydrogen-bond donors (Lipinski definition) is 5. The van der Waals surface area contributed by atoms with E-state index in [-0.39, 0.29) is 40.3 Å². The van der Waals surface area contributed by atoms with Crippen LogP contribution in [0.25, 0.3) is 0 Å². The number of aliphatic hydroxyl groups is 3. The lowest BCUT2D eigenvalue weighted by atomic mass is 9.72. The highest BCUT2D eigenvalue weighted by Gasteiger charge is 2.51. The van der Waals surface area contributed by atoms with E-state index in [4.69, 9.17) is 14.2 Å². The molecule has 2 saturated heterocycles. The molecule has 2 aromatic rings. The molecule has 44 heavy (non-hydrogen) atoms. The van der Waals surface area contributed by atoms with Crippen molar-refractivity contribution in [2.24, 2.45) is 0 Å². The topological polar surface area (TPSA) is 200 Å². The van der Waals surface area contributed by atoms with Crippen LogP contribution in [0.4, 0.5) is 0 Å². The molecular weight excluding hydrogens is 578 g/mol. The second-order valence-electron chi connectivity index (χ2n) is 11.8. The molecule has 6 atom stereocenters. The van der Waals surface area contributed by atoms with E-state index in [1.807, 2.05) is 0 Å². The molecule has 5 N–H and O–H groups in total. The number of methoxy groups -OCH3 is 1. The predicted molar refractivity (Wildman–Crippen MR) is 149 cm³/mol. The molecule has 0 bridgehead atoms. The fourth-order valence-corrected chi connectivity index (χ4v) is 7.02. The number of amides is 1. The third kappa shape index (κ3) is 4.49. The number of phenols is 2. The summed E-state index contributed by atoms with van der Waals surface area (Å²) in [6.45, 7) is 1.00. The molecule has 13 heteroatoms. The van der Waals surface area contributed by atoms with Crippen LogP contribution in [0.5, 0.6) is 17.2 Å². The Morgan fingerprint density at radius 1 is 1.11 bits per heavy atom. The van der Waals surface area contributed by atoms with Crippen LogP contribution in [0.15, 0.2) is 18.2 Å². The van der Waals surface area contributed by atoms with Crippen molar-refractivity contribution in [1.29, 1.82) is 0 Å². The van der Waals surface area contributed by atoms with E-state index in [2.05, 4.69) is 0 Å². The first-order chi connectivity index (χ1) is 20.9. The maximum atomic E-state index is 13.8. The number of phenolic OH excluding ortho intramolecular Hbond substituents is 2. The van der Waals surface area contributed by atoms with Crippen molar-refractivity contribution >= 4 is 23.3 Å². The summed E-state index contributed by atoms with van der Waals surface area (Å²) in [4.78, 5) is 54.3. The number of rotatable bonds is 6. The van der Waals surface area contributed by atoms with Gasteiger partial charge in [-0.25, -0.2) is 0 Å². The minimum atomic E-state index is -2.28. The summed E-state index contributed by atoms with van der Waals surface area (Å²) in [7, 11) is 1.32. The number of benzene rings is 2. The Balaban J connectivity index is 1.46. The van der Waals surface area contributed by atoms with Crippen LogP contribution in [0.2, 0.25) is 0 Å². The molecule has 6 rings (SSSR count). The highest BCUT2D eigenvalue weighted by Crippen LogP contribution is 2.52. The molecule has 4 unspecified atom stereocenters. The van der Waals surface area contributed by atoms with E-state index in [1.165, 1.54) is 25.3 Å². The number of aliphatic hydroxyl groups excluding tert-OH is 2. The van der Waals surface area contributed by atoms with Gasteiger partial charge in [0.05, 0.1) is 42.0 Å². The molecule has 2 aliphatic heterocycles. The lowest BCUT2D eigenvalue weighted by Gasteiger charge is -2.44. The molecule has 2 aliphatic carbocycles. The summed E-state index contributed by atoms with van der Waals surface area (Å²) in [5.74, 6) is -3.98. The molecule has 0 saturated carbocycles. The van der Waals surface area contributed by atoms with Crippen LogP contribution >= 0.6 is 0 Å². The average molecular weight is 612 g/mol. The Labute approximate surface area is 251 Å². The van der Waals surface area contributed by atoms with Crippen molar-refractivity contribution in [2.75, 3.05) is 20.3 Å². The SMILES string of the molecule is COc1cccc2c1C(=O)c1c(O)c3c(c(O)c1C2=O)C[C@@](O)(C(=O)CO)C[C@@H]3OC1CC(N2CCCC2=O)C(O)C(C)O1. The van der Waals surface area contributed by atoms with E-state index in [0.717, 1.165) is 0 Å². The highest BCUT2D eigenvalue weighted by molar-refractivity contribution is 6.31. The number of aromatic hydroxyl groups is 2. The number of nitrogens with zero attached hydrogens (tertiary/aromatic N) is 1. The van der Waals surface area contributed by atoms with Gasteiger partial charge < -0.3 is 44.6 Å². The minimum absolute atomic E-state index is 0.00906. The Morgan fingerprint density at radius 3 is 2.50 bits per heavy atom. The van der Waals surface area contributed by atoms with E-state index in [1.54, 1.807) is 11.8 Å². The highest BCUT2D eigenvalue weighted by atomic mass is 16.7. The van der Waals surface area contributed by atoms with Gasteiger partial charge in [0.15, 0.2) is 17.9 Å². The molecule has 2 aromatic carbocycles. The number of carbonyl (C=O) groups is 4. The fourth-order valence-electron chi connectivity index (χ4n) is 7.02. The summed E-state index contributed by atoms with van der Waals surface area (Å²) >= 11 is 0. The van der Waals surface area contributed by atoms with Gasteiger partial charge in [0.1, 0.15) is 35.6 Å². The Hall–Kier alpha value is -3.88. The molecule has 13 nitrogen and oxygen atoms in total. The normalized spacial score (nSPS) is 29.7. The van der Waals surface area contributed by atoms with Gasteiger partial charge in [-0.1, -0.05) is 12.1 Å². The van der Waals surface area contributed by atoms with Crippen LogP contribution in [-0.4, -0.2) is 104 Å². The third-order valence-electron chi connectivity index (χ3n) is 9.24. The molecule has 1 amide bonds. The van der Waals surface area contributed by atoms with Gasteiger partial charge in [0, 0.05) is 48.9 Å². The Kier molecular flexibility index (Phi) is 7.49. The van der Waals surface area contributed by atoms with Gasteiger partial charge in [-0.2, -0.15) is 0 Å². The Bertz CT molecular complexity index is 1590. The zero-order chi connectivity index (χ0) is 31.7. The first kappa shape index (κ1) is 30.2. The van der Waals surface area contributed by atoms with Crippen molar-refractivity contribution in [2.45, 2.75) is 75.3 Å². The van der Waals surface area contributed by atoms with E-state index >= 15 is 0 Å². The number of hydrogen-bond acceptors (Lipinski definition) is 12. The number of fused-ring (bicyclic) bond motifs is 3. The van der Waals surface area contributed by atoms with Gasteiger partial charge in [-0.15, -0.1) is 0 Å². The fraction of sp³-hybridized carbons (Fsp3) is 0.484. The zero-order valence-electron chi connectivity index (χ0n) is 24.1. The lowest BCUT2D eigenvalue weighted by molar-refractivity contribution is -0.257. The van der Waals surface area contributed by atoms with E-state index in [0.29, 0.717) is 19.4 Å². The summed E-state index contributed by atoms with van der Waals surface area (Å²) in [5, 5.41) is 55.0. The van der Waals surface area contributed by atoms with Gasteiger partial charge in [0.25, 0.3) is 0 Å². The predicted octanol–water partition coefficient (Wildman–Crippen LogP) is 0.665. The van der Waals surface area contributed by atoms with Crippen molar-refractivity contribution in [3.63, 3.8) is 0 Å². The van der Waals surface area contributed by atoms with E-state index < -0.39 is 95.7 Å². The summed E-state index contributed by atoms with van der Waals surface area (Å²) in [6.07, 6.45) is -4.43. The van der Waals surface area contributed by atoms with Gasteiger partial charge >= 0.3 is 0 Å². The summed E-state index contributed by atoms with van der Waals surface area (Å²) in [6, 6.07) is 3.70. The number of Topliss-reactive ketones (excluding diaryl/α,β-unsaturated/α-hetero) is 1. The number of carbonyl (C=O) groups excluding carboxylic acids is 4. The smallest absolute Gasteiger partial charge is 0.222 e. The molecule has 2 fully saturated rings. The molecule has 4 aliphatic rings. The molecular formula is C31H33NO12. The van der Waals surface area contributed by atoms with E-state index in [9.17, 15) is 44.7 Å². The number of ether oxygens (including phenoxy) is 3. The van der Waals surface area contributed by atoms with Crippen LogP contribution < -0.4 is 4.74 Å². The summed E-state index contributed by atoms with van der Waals surface area (Å²) in [5.41, 5.74) is -3.75. The first-order valence-electron chi connectivity index (χ1n) is 14.4. The quantitative estimate of drug-likeness (QED) is 0.244. The maximum Gasteiger partial charge on any atom is 0.222 e. The van der Waals surface area contributed by atoms with Gasteiger partial charge in [-0.05, 0) is 19.4 Å². The van der Waals surface area contributed by atoms with Crippen LogP contribution in [0.3, 0.4) is 0 Å². The largest absolute Gasteiger partial charge is 0.507 e. The first-order valence-corrected chi connectivity index (χ1v) is 14.4. The zero-order valence-corrected chi connectivity index (χ0v) is 24.1. The molecule has 0 radical (unpaired) electrons. The van der Waals surface area contributed by atoms with Gasteiger partial charge in [0.2, 0.25) is 11.7 Å².